The van der Waals surface area contributed by atoms with Gasteiger partial charge in [0.1, 0.15) is 24.1 Å². The van der Waals surface area contributed by atoms with Crippen LogP contribution in [0, 0.1) is 0 Å². The van der Waals surface area contributed by atoms with Crippen LogP contribution in [0.3, 0.4) is 0 Å². The number of nitrogens with one attached hydrogen (secondary N) is 1. The summed E-state index contributed by atoms with van der Waals surface area (Å²) in [4.78, 5) is 28.1. The number of methoxy groups -OCH3 is 1. The highest BCUT2D eigenvalue weighted by Gasteiger charge is 2.32. The molecule has 0 fully saturated rings. The van der Waals surface area contributed by atoms with E-state index in [0.29, 0.717) is 30.3 Å². The smallest absolute Gasteiger partial charge is 0.264 e. The lowest BCUT2D eigenvalue weighted by Crippen LogP contribution is -2.51. The van der Waals surface area contributed by atoms with E-state index in [1.807, 2.05) is 6.92 Å². The van der Waals surface area contributed by atoms with Crippen molar-refractivity contribution in [3.63, 3.8) is 0 Å². The molecule has 208 valence electrons. The van der Waals surface area contributed by atoms with Gasteiger partial charge in [-0.1, -0.05) is 30.3 Å². The van der Waals surface area contributed by atoms with Crippen molar-refractivity contribution in [3.8, 4) is 11.5 Å². The summed E-state index contributed by atoms with van der Waals surface area (Å²) in [5, 5.41) is 2.75. The van der Waals surface area contributed by atoms with Crippen molar-refractivity contribution in [2.24, 2.45) is 0 Å². The minimum absolute atomic E-state index is 0.0464. The van der Waals surface area contributed by atoms with Gasteiger partial charge in [-0.3, -0.25) is 13.9 Å². The van der Waals surface area contributed by atoms with Crippen LogP contribution >= 0.6 is 0 Å². The van der Waals surface area contributed by atoms with Crippen LogP contribution in [0.25, 0.3) is 0 Å². The number of amides is 2. The van der Waals surface area contributed by atoms with Crippen LogP contribution in [-0.2, 0) is 26.2 Å². The zero-order valence-corrected chi connectivity index (χ0v) is 23.5. The van der Waals surface area contributed by atoms with Crippen LogP contribution in [0.4, 0.5) is 5.69 Å². The van der Waals surface area contributed by atoms with Crippen molar-refractivity contribution in [1.29, 1.82) is 0 Å². The number of carbonyl (C=O) groups excluding carboxylic acids is 2. The van der Waals surface area contributed by atoms with Crippen molar-refractivity contribution < 1.29 is 27.5 Å². The van der Waals surface area contributed by atoms with E-state index in [2.05, 4.69) is 5.32 Å². The van der Waals surface area contributed by atoms with E-state index >= 15 is 0 Å². The SMILES string of the molecule is CCNC(=O)[C@@H](C)N(Cc1ccc(OC)cc1)C(=O)CN(c1ccc(OCC)cc1)S(=O)(=O)c1ccccc1. The lowest BCUT2D eigenvalue weighted by Gasteiger charge is -2.32. The van der Waals surface area contributed by atoms with Gasteiger partial charge in [0.15, 0.2) is 0 Å². The minimum atomic E-state index is -4.12. The van der Waals surface area contributed by atoms with Crippen LogP contribution < -0.4 is 19.1 Å². The molecule has 0 unspecified atom stereocenters. The Hall–Kier alpha value is -4.05. The third-order valence-electron chi connectivity index (χ3n) is 6.08. The van der Waals surface area contributed by atoms with Crippen LogP contribution in [0.5, 0.6) is 11.5 Å². The number of anilines is 1. The monoisotopic (exact) mass is 553 g/mol. The number of hydrogen-bond donors (Lipinski definition) is 1. The van der Waals surface area contributed by atoms with Gasteiger partial charge < -0.3 is 19.7 Å². The molecule has 0 spiro atoms. The lowest BCUT2D eigenvalue weighted by atomic mass is 10.1. The van der Waals surface area contributed by atoms with Gasteiger partial charge in [-0.2, -0.15) is 0 Å². The Kier molecular flexibility index (Phi) is 10.3. The molecule has 9 nitrogen and oxygen atoms in total. The van der Waals surface area contributed by atoms with Crippen molar-refractivity contribution in [2.45, 2.75) is 38.3 Å². The molecule has 10 heteroatoms. The summed E-state index contributed by atoms with van der Waals surface area (Å²) in [5.74, 6) is 0.371. The maximum atomic E-state index is 13.8. The largest absolute Gasteiger partial charge is 0.497 e. The molecule has 0 aliphatic rings. The molecular weight excluding hydrogens is 518 g/mol. The predicted octanol–water partition coefficient (Wildman–Crippen LogP) is 3.84. The van der Waals surface area contributed by atoms with E-state index < -0.39 is 28.5 Å². The molecule has 0 aliphatic heterocycles. The van der Waals surface area contributed by atoms with E-state index in [4.69, 9.17) is 9.47 Å². The first-order valence-corrected chi connectivity index (χ1v) is 14.2. The highest BCUT2D eigenvalue weighted by atomic mass is 32.2. The Morgan fingerprint density at radius 1 is 0.897 bits per heavy atom. The number of benzene rings is 3. The average molecular weight is 554 g/mol. The summed E-state index contributed by atoms with van der Waals surface area (Å²) in [7, 11) is -2.56. The molecule has 3 aromatic rings. The Morgan fingerprint density at radius 3 is 2.08 bits per heavy atom. The Balaban J connectivity index is 2.00. The standard InChI is InChI=1S/C29H35N3O6S/c1-5-30-29(34)22(3)31(20-23-12-16-25(37-4)17-13-23)28(33)21-32(24-14-18-26(19-15-24)38-6-2)39(35,36)27-10-8-7-9-11-27/h7-19,22H,5-6,20-21H2,1-4H3,(H,30,34)/t22-/m1/s1. The first-order valence-electron chi connectivity index (χ1n) is 12.7. The fraction of sp³-hybridized carbons (Fsp3) is 0.310. The molecule has 3 aromatic carbocycles. The van der Waals surface area contributed by atoms with Crippen molar-refractivity contribution in [2.75, 3.05) is 31.1 Å². The molecule has 0 heterocycles. The Labute approximate surface area is 230 Å². The van der Waals surface area contributed by atoms with Gasteiger partial charge in [0.05, 0.1) is 24.3 Å². The zero-order valence-electron chi connectivity index (χ0n) is 22.7. The van der Waals surface area contributed by atoms with Crippen molar-refractivity contribution >= 4 is 27.5 Å². The lowest BCUT2D eigenvalue weighted by molar-refractivity contribution is -0.139. The van der Waals surface area contributed by atoms with Gasteiger partial charge >= 0.3 is 0 Å². The fourth-order valence-corrected chi connectivity index (χ4v) is 5.39. The molecule has 0 aromatic heterocycles. The Bertz CT molecular complexity index is 1330. The van der Waals surface area contributed by atoms with Gasteiger partial charge in [-0.15, -0.1) is 0 Å². The summed E-state index contributed by atoms with van der Waals surface area (Å²) < 4.78 is 39.3. The van der Waals surface area contributed by atoms with Crippen molar-refractivity contribution in [3.05, 3.63) is 84.4 Å². The number of ether oxygens (including phenoxy) is 2. The van der Waals surface area contributed by atoms with Gasteiger partial charge in [-0.25, -0.2) is 8.42 Å². The molecule has 0 radical (unpaired) electrons. The molecule has 1 N–H and O–H groups in total. The highest BCUT2D eigenvalue weighted by Crippen LogP contribution is 2.26. The van der Waals surface area contributed by atoms with Gasteiger partial charge in [0.25, 0.3) is 10.0 Å². The number of sulfonamides is 1. The number of hydrogen-bond acceptors (Lipinski definition) is 6. The van der Waals surface area contributed by atoms with Crippen LogP contribution in [0.1, 0.15) is 26.3 Å². The summed E-state index contributed by atoms with van der Waals surface area (Å²) in [6, 6.07) is 20.7. The molecule has 1 atom stereocenters. The average Bonchev–Trinajstić information content (AvgIpc) is 2.95. The molecule has 0 bridgehead atoms. The highest BCUT2D eigenvalue weighted by molar-refractivity contribution is 7.92. The molecule has 3 rings (SSSR count). The van der Waals surface area contributed by atoms with E-state index in [0.717, 1.165) is 9.87 Å². The van der Waals surface area contributed by atoms with Crippen molar-refractivity contribution in [1.82, 2.24) is 10.2 Å². The predicted molar refractivity (Wildman–Crippen MR) is 150 cm³/mol. The maximum Gasteiger partial charge on any atom is 0.264 e. The third kappa shape index (κ3) is 7.51. The first-order chi connectivity index (χ1) is 18.7. The third-order valence-corrected chi connectivity index (χ3v) is 7.86. The van der Waals surface area contributed by atoms with Crippen LogP contribution in [0.2, 0.25) is 0 Å². The van der Waals surface area contributed by atoms with E-state index in [1.54, 1.807) is 87.7 Å². The van der Waals surface area contributed by atoms with Crippen LogP contribution in [0.15, 0.2) is 83.8 Å². The normalized spacial score (nSPS) is 11.8. The second kappa shape index (κ2) is 13.7. The summed E-state index contributed by atoms with van der Waals surface area (Å²) in [6.45, 7) is 5.72. The number of likely N-dealkylation sites (N-methyl/N-ethyl adjacent to an activating group) is 1. The van der Waals surface area contributed by atoms with E-state index in [1.165, 1.54) is 17.0 Å². The summed E-state index contributed by atoms with van der Waals surface area (Å²) >= 11 is 0. The molecular formula is C29H35N3O6S. The quantitative estimate of drug-likeness (QED) is 0.345. The van der Waals surface area contributed by atoms with E-state index in [-0.39, 0.29) is 17.3 Å². The number of carbonyl (C=O) groups is 2. The molecule has 0 saturated carbocycles. The molecule has 0 saturated heterocycles. The van der Waals surface area contributed by atoms with Gasteiger partial charge in [0, 0.05) is 13.1 Å². The minimum Gasteiger partial charge on any atom is -0.497 e. The summed E-state index contributed by atoms with van der Waals surface area (Å²) in [5.41, 5.74) is 1.06. The van der Waals surface area contributed by atoms with E-state index in [9.17, 15) is 18.0 Å². The number of nitrogens with zero attached hydrogens (tertiary/aromatic N) is 2. The molecule has 0 aliphatic carbocycles. The maximum absolute atomic E-state index is 13.8. The first kappa shape index (κ1) is 29.5. The van der Waals surface area contributed by atoms with Gasteiger partial charge in [-0.05, 0) is 74.9 Å². The molecule has 39 heavy (non-hydrogen) atoms. The topological polar surface area (TPSA) is 105 Å². The van der Waals surface area contributed by atoms with Gasteiger partial charge in [0.2, 0.25) is 11.8 Å². The fourth-order valence-electron chi connectivity index (χ4n) is 3.96. The molecule has 2 amide bonds. The number of rotatable bonds is 13. The second-order valence-corrected chi connectivity index (χ2v) is 10.6. The second-order valence-electron chi connectivity index (χ2n) is 8.69. The van der Waals surface area contributed by atoms with Crippen LogP contribution in [-0.4, -0.2) is 58.0 Å². The summed E-state index contributed by atoms with van der Waals surface area (Å²) in [6.07, 6.45) is 0. The zero-order chi connectivity index (χ0) is 28.4. The Morgan fingerprint density at radius 2 is 1.51 bits per heavy atom.